The molecule has 0 bridgehead atoms. The largest absolute Gasteiger partial charge is 0.416 e. The van der Waals surface area contributed by atoms with Gasteiger partial charge in [0.15, 0.2) is 11.6 Å². The van der Waals surface area contributed by atoms with Gasteiger partial charge in [0, 0.05) is 64.5 Å². The van der Waals surface area contributed by atoms with E-state index in [1.54, 1.807) is 29.2 Å². The molecule has 1 fully saturated rings. The van der Waals surface area contributed by atoms with Crippen LogP contribution in [0.25, 0.3) is 11.1 Å². The van der Waals surface area contributed by atoms with Gasteiger partial charge in [-0.1, -0.05) is 66.2 Å². The van der Waals surface area contributed by atoms with Gasteiger partial charge >= 0.3 is 6.18 Å². The molecule has 1 saturated heterocycles. The standard InChI is InChI=1S/C41H42F5N3O3S/c1-27-6-15-36-34(22-27)37(50)23-39(53-26-31-4-3-5-35(42)40(31)43)49(36)25-38(51)48(33-16-18-47(19-17-33)20-21-52-2)24-28-7-9-29(10-8-28)30-11-13-32(14-12-30)41(44,45)46/h3-15,22-23,33,37,50H,16-21,24-26H2,1-2H3/i2D3,6D,15D,21D2,22D,23D,25D2,26D2. The number of fused-ring (bicyclic) bond motifs is 1. The minimum atomic E-state index is -4.57. The van der Waals surface area contributed by atoms with Crippen molar-refractivity contribution in [2.75, 3.05) is 44.6 Å². The van der Waals surface area contributed by atoms with Gasteiger partial charge in [0.25, 0.3) is 0 Å². The molecule has 4 aromatic carbocycles. The maximum Gasteiger partial charge on any atom is 0.416 e. The van der Waals surface area contributed by atoms with E-state index >= 15 is 9.18 Å². The summed E-state index contributed by atoms with van der Waals surface area (Å²) in [6.07, 6.45) is -6.65. The molecule has 280 valence electrons. The van der Waals surface area contributed by atoms with E-state index in [-0.39, 0.29) is 49.8 Å². The Labute approximate surface area is 329 Å². The number of piperidine rings is 1. The number of methoxy groups -OCH3 is 1. The second-order valence-electron chi connectivity index (χ2n) is 12.3. The predicted octanol–water partition coefficient (Wildman–Crippen LogP) is 8.73. The fourth-order valence-corrected chi connectivity index (χ4v) is 6.76. The quantitative estimate of drug-likeness (QED) is 0.146. The molecule has 0 aromatic heterocycles. The molecule has 12 heteroatoms. The van der Waals surface area contributed by atoms with Crippen LogP contribution in [-0.2, 0) is 28.0 Å². The Morgan fingerprint density at radius 1 is 1.06 bits per heavy atom. The van der Waals surface area contributed by atoms with Crippen molar-refractivity contribution in [2.45, 2.75) is 50.3 Å². The first-order valence-corrected chi connectivity index (χ1v) is 17.2. The van der Waals surface area contributed by atoms with E-state index in [9.17, 15) is 25.4 Å². The van der Waals surface area contributed by atoms with E-state index in [1.165, 1.54) is 19.1 Å². The first-order valence-electron chi connectivity index (χ1n) is 22.9. The molecule has 0 aliphatic carbocycles. The van der Waals surface area contributed by atoms with Gasteiger partial charge in [-0.2, -0.15) is 13.2 Å². The van der Waals surface area contributed by atoms with E-state index in [4.69, 9.17) is 15.1 Å². The molecule has 2 heterocycles. The average Bonchev–Trinajstić information content (AvgIpc) is 3.22. The summed E-state index contributed by atoms with van der Waals surface area (Å²) in [4.78, 5) is 18.3. The number of likely N-dealkylation sites (tertiary alicyclic amines) is 1. The summed E-state index contributed by atoms with van der Waals surface area (Å²) in [6.45, 7) is -5.64. The Bertz CT molecular complexity index is 2510. The van der Waals surface area contributed by atoms with Crippen LogP contribution in [0.3, 0.4) is 0 Å². The number of halogens is 5. The first kappa shape index (κ1) is 25.0. The summed E-state index contributed by atoms with van der Waals surface area (Å²) in [6, 6.07) is 9.33. The third-order valence-corrected chi connectivity index (χ3v) is 9.61. The highest BCUT2D eigenvalue weighted by atomic mass is 32.2. The third kappa shape index (κ3) is 9.29. The lowest BCUT2D eigenvalue weighted by molar-refractivity contribution is -0.137. The average molecular weight is 765 g/mol. The van der Waals surface area contributed by atoms with Gasteiger partial charge in [0.1, 0.15) is 12.6 Å². The van der Waals surface area contributed by atoms with Crippen LogP contribution < -0.4 is 4.90 Å². The van der Waals surface area contributed by atoms with Gasteiger partial charge in [0.2, 0.25) is 5.91 Å². The van der Waals surface area contributed by atoms with Crippen LogP contribution >= 0.6 is 11.8 Å². The Kier molecular flexibility index (Phi) is 7.93. The molecular weight excluding hydrogens is 710 g/mol. The third-order valence-electron chi connectivity index (χ3n) is 8.79. The molecule has 2 aliphatic heterocycles. The van der Waals surface area contributed by atoms with Crippen molar-refractivity contribution < 1.29 is 54.4 Å². The maximum absolute atomic E-state index is 15.2. The molecule has 1 unspecified atom stereocenters. The number of benzene rings is 4. The molecule has 1 atom stereocenters. The molecule has 1 N–H and O–H groups in total. The number of ether oxygens (including phenoxy) is 1. The second-order valence-corrected chi connectivity index (χ2v) is 13.1. The van der Waals surface area contributed by atoms with Gasteiger partial charge in [-0.15, -0.1) is 11.8 Å². The summed E-state index contributed by atoms with van der Waals surface area (Å²) in [5.74, 6) is -4.44. The Morgan fingerprint density at radius 3 is 2.43 bits per heavy atom. The second kappa shape index (κ2) is 16.8. The van der Waals surface area contributed by atoms with Crippen LogP contribution in [0.1, 0.15) is 64.6 Å². The lowest BCUT2D eigenvalue weighted by atomic mass is 9.99. The zero-order valence-electron chi connectivity index (χ0n) is 41.2. The number of carbonyl (C=O) groups is 1. The Morgan fingerprint density at radius 2 is 1.75 bits per heavy atom. The zero-order chi connectivity index (χ0) is 49.1. The number of aliphatic hydroxyl groups is 1. The van der Waals surface area contributed by atoms with E-state index in [0.29, 0.717) is 21.6 Å². The van der Waals surface area contributed by atoms with Gasteiger partial charge in [-0.3, -0.25) is 4.79 Å². The van der Waals surface area contributed by atoms with E-state index in [2.05, 4.69) is 4.74 Å². The fourth-order valence-electron chi connectivity index (χ4n) is 6.00. The summed E-state index contributed by atoms with van der Waals surface area (Å²) in [5.41, 5.74) is -4.96. The number of hydrogen-bond donors (Lipinski definition) is 1. The number of aliphatic hydroxyl groups excluding tert-OH is 1. The SMILES string of the molecule is [2H]C1=C(SC([2H])([2H])c2cccc(F)c2F)N(C([2H])([2H])C(=O)N(Cc2ccc(-c3ccc(C(F)(F)F)cc3)cc2)C2CCN(CC([2H])([2H])OC([2H])([2H])[2H])CC2)c2c([2H])c([2H])c(C)c([2H])c2C1O. The number of hydrogen-bond acceptors (Lipinski definition) is 6. The van der Waals surface area contributed by atoms with Crippen molar-refractivity contribution >= 4 is 23.4 Å². The number of rotatable bonds is 12. The summed E-state index contributed by atoms with van der Waals surface area (Å²) < 4.78 is 184. The van der Waals surface area contributed by atoms with Crippen molar-refractivity contribution in [3.8, 4) is 11.1 Å². The number of thioether (sulfide) groups is 1. The van der Waals surface area contributed by atoms with Gasteiger partial charge in [-0.25, -0.2) is 8.78 Å². The predicted molar refractivity (Wildman–Crippen MR) is 198 cm³/mol. The van der Waals surface area contributed by atoms with Crippen LogP contribution in [0.5, 0.6) is 0 Å². The van der Waals surface area contributed by atoms with Crippen LogP contribution in [0.15, 0.2) is 95.9 Å². The Balaban J connectivity index is 1.43. The molecule has 0 saturated carbocycles. The molecule has 1 amide bonds. The van der Waals surface area contributed by atoms with Crippen LogP contribution in [0, 0.1) is 18.6 Å². The van der Waals surface area contributed by atoms with E-state index in [1.807, 2.05) is 0 Å². The highest BCUT2D eigenvalue weighted by molar-refractivity contribution is 8.02. The zero-order valence-corrected chi connectivity index (χ0v) is 29.0. The number of alkyl halides is 3. The molecule has 2 aliphatic rings. The highest BCUT2D eigenvalue weighted by Gasteiger charge is 2.33. The van der Waals surface area contributed by atoms with Crippen molar-refractivity contribution in [1.29, 1.82) is 0 Å². The molecule has 53 heavy (non-hydrogen) atoms. The van der Waals surface area contributed by atoms with E-state index < -0.39 is 120 Å². The summed E-state index contributed by atoms with van der Waals surface area (Å²) in [5, 5.41) is 10.6. The van der Waals surface area contributed by atoms with Crippen LogP contribution in [-0.4, -0.2) is 66.6 Å². The minimum absolute atomic E-state index is 0.0315. The summed E-state index contributed by atoms with van der Waals surface area (Å²) >= 11 is -0.0748. The number of anilines is 1. The van der Waals surface area contributed by atoms with Crippen molar-refractivity contribution in [1.82, 2.24) is 9.80 Å². The smallest absolute Gasteiger partial charge is 0.384 e. The number of carbonyl (C=O) groups excluding carboxylic acids is 1. The molecule has 4 aromatic rings. The van der Waals surface area contributed by atoms with Crippen LogP contribution in [0.4, 0.5) is 27.6 Å². The number of nitrogens with zero attached hydrogens (tertiary/aromatic N) is 3. The normalized spacial score (nSPS) is 21.5. The monoisotopic (exact) mass is 764 g/mol. The van der Waals surface area contributed by atoms with Crippen molar-refractivity contribution in [2.24, 2.45) is 0 Å². The van der Waals surface area contributed by atoms with Gasteiger partial charge in [-0.05, 0) is 66.7 Å². The Hall–Kier alpha value is -4.23. The lowest BCUT2D eigenvalue weighted by Gasteiger charge is -2.40. The van der Waals surface area contributed by atoms with Crippen molar-refractivity contribution in [3.05, 3.63) is 135 Å². The maximum atomic E-state index is 15.2. The fraction of sp³-hybridized carbons (Fsp3) is 0.341. The number of amides is 1. The molecular formula is C41H42F5N3O3S. The van der Waals surface area contributed by atoms with Gasteiger partial charge < -0.3 is 24.5 Å². The van der Waals surface area contributed by atoms with E-state index in [0.717, 1.165) is 35.2 Å². The topological polar surface area (TPSA) is 56.3 Å². The lowest BCUT2D eigenvalue weighted by Crippen LogP contribution is -2.50. The molecule has 6 nitrogen and oxygen atoms in total. The van der Waals surface area contributed by atoms with Crippen molar-refractivity contribution in [3.63, 3.8) is 0 Å². The first-order chi connectivity index (χ1) is 30.4. The molecule has 0 spiro atoms. The minimum Gasteiger partial charge on any atom is -0.384 e. The van der Waals surface area contributed by atoms with Crippen LogP contribution in [0.2, 0.25) is 0 Å². The van der Waals surface area contributed by atoms with Gasteiger partial charge in [0.05, 0.1) is 32.2 Å². The highest BCUT2D eigenvalue weighted by Crippen LogP contribution is 2.41. The molecule has 6 rings (SSSR count). The molecule has 0 radical (unpaired) electrons. The summed E-state index contributed by atoms with van der Waals surface area (Å²) in [7, 11) is -3.06.